The topological polar surface area (TPSA) is 88.5 Å². The van der Waals surface area contributed by atoms with E-state index in [4.69, 9.17) is 9.47 Å². The number of ether oxygens (including phenoxy) is 2. The monoisotopic (exact) mass is 352 g/mol. The quantitative estimate of drug-likeness (QED) is 0.278. The third-order valence-electron chi connectivity index (χ3n) is 3.40. The minimum atomic E-state index is -0.404. The van der Waals surface area contributed by atoms with Gasteiger partial charge in [0.15, 0.2) is 0 Å². The summed E-state index contributed by atoms with van der Waals surface area (Å²) in [5.74, 6) is -0.723. The van der Waals surface area contributed by atoms with Gasteiger partial charge >= 0.3 is 11.9 Å². The summed E-state index contributed by atoms with van der Waals surface area (Å²) < 4.78 is 9.79. The van der Waals surface area contributed by atoms with E-state index in [1.54, 1.807) is 14.1 Å². The molecule has 0 aromatic carbocycles. The van der Waals surface area contributed by atoms with Crippen molar-refractivity contribution in [1.29, 1.82) is 0 Å². The molecule has 0 aliphatic heterocycles. The van der Waals surface area contributed by atoms with Crippen molar-refractivity contribution in [1.82, 2.24) is 4.98 Å². The highest BCUT2D eigenvalue weighted by Crippen LogP contribution is 2.07. The van der Waals surface area contributed by atoms with Gasteiger partial charge in [0.1, 0.15) is 6.61 Å². The molecule has 0 N–H and O–H groups in total. The van der Waals surface area contributed by atoms with Crippen molar-refractivity contribution in [3.63, 3.8) is 0 Å². The summed E-state index contributed by atoms with van der Waals surface area (Å²) in [7, 11) is 3.09. The lowest BCUT2D eigenvalue weighted by molar-refractivity contribution is -0.840. The van der Waals surface area contributed by atoms with E-state index in [1.165, 1.54) is 0 Å². The van der Waals surface area contributed by atoms with Crippen LogP contribution in [0.2, 0.25) is 0 Å². The van der Waals surface area contributed by atoms with Crippen molar-refractivity contribution >= 4 is 11.9 Å². The van der Waals surface area contributed by atoms with E-state index in [-0.39, 0.29) is 38.0 Å². The van der Waals surface area contributed by atoms with Gasteiger partial charge in [0.2, 0.25) is 0 Å². The molecule has 1 aromatic rings. The van der Waals surface area contributed by atoms with Crippen molar-refractivity contribution in [2.75, 3.05) is 27.2 Å². The number of aromatic nitrogens is 1. The fourth-order valence-electron chi connectivity index (χ4n) is 2.31. The van der Waals surface area contributed by atoms with Crippen LogP contribution < -0.4 is 0 Å². The molecule has 0 saturated carbocycles. The van der Waals surface area contributed by atoms with Crippen LogP contribution in [0.3, 0.4) is 0 Å². The Bertz CT molecular complexity index is 561. The fraction of sp³-hybridized carbons (Fsp3) is 0.611. The maximum Gasteiger partial charge on any atom is 0.306 e. The minimum absolute atomic E-state index is 0.134. The Balaban J connectivity index is 2.14. The van der Waals surface area contributed by atoms with Crippen LogP contribution in [0.1, 0.15) is 42.6 Å². The highest BCUT2D eigenvalue weighted by atomic mass is 16.5. The number of hydroxylamine groups is 3. The van der Waals surface area contributed by atoms with Crippen LogP contribution in [0.25, 0.3) is 0 Å². The van der Waals surface area contributed by atoms with Crippen molar-refractivity contribution in [3.05, 3.63) is 34.3 Å². The zero-order chi connectivity index (χ0) is 18.9. The number of aryl methyl sites for hydroxylation is 2. The third kappa shape index (κ3) is 10.5. The summed E-state index contributed by atoms with van der Waals surface area (Å²) in [4.78, 5) is 27.5. The summed E-state index contributed by atoms with van der Waals surface area (Å²) in [5.41, 5.74) is 2.67. The largest absolute Gasteiger partial charge is 0.633 e. The van der Waals surface area contributed by atoms with Gasteiger partial charge in [-0.25, -0.2) is 0 Å². The first-order valence-electron chi connectivity index (χ1n) is 8.45. The Labute approximate surface area is 149 Å². The van der Waals surface area contributed by atoms with E-state index < -0.39 is 4.65 Å². The molecule has 0 aliphatic rings. The molecule has 0 saturated heterocycles. The number of hydrogen-bond acceptors (Lipinski definition) is 6. The maximum absolute atomic E-state index is 11.7. The summed E-state index contributed by atoms with van der Waals surface area (Å²) in [6, 6.07) is 3.83. The van der Waals surface area contributed by atoms with Crippen molar-refractivity contribution in [2.24, 2.45) is 0 Å². The smallest absolute Gasteiger partial charge is 0.306 e. The summed E-state index contributed by atoms with van der Waals surface area (Å²) in [5, 5.41) is 11.3. The van der Waals surface area contributed by atoms with Gasteiger partial charge in [0.05, 0.1) is 32.9 Å². The zero-order valence-corrected chi connectivity index (χ0v) is 15.5. The van der Waals surface area contributed by atoms with Crippen LogP contribution in [-0.4, -0.2) is 48.8 Å². The van der Waals surface area contributed by atoms with Gasteiger partial charge in [0, 0.05) is 25.0 Å². The fourth-order valence-corrected chi connectivity index (χ4v) is 2.31. The van der Waals surface area contributed by atoms with Crippen LogP contribution in [0, 0.1) is 19.1 Å². The predicted octanol–water partition coefficient (Wildman–Crippen LogP) is 2.42. The molecule has 25 heavy (non-hydrogen) atoms. The summed E-state index contributed by atoms with van der Waals surface area (Å²) in [6.45, 7) is 4.61. The molecule has 1 heterocycles. The predicted molar refractivity (Wildman–Crippen MR) is 93.3 cm³/mol. The molecule has 7 nitrogen and oxygen atoms in total. The Morgan fingerprint density at radius 3 is 2.32 bits per heavy atom. The van der Waals surface area contributed by atoms with Gasteiger partial charge in [-0.1, -0.05) is 0 Å². The molecule has 0 atom stereocenters. The molecule has 0 unspecified atom stereocenters. The molecular weight excluding hydrogens is 324 g/mol. The van der Waals surface area contributed by atoms with Crippen LogP contribution in [0.5, 0.6) is 0 Å². The third-order valence-corrected chi connectivity index (χ3v) is 3.40. The second kappa shape index (κ2) is 10.1. The molecule has 0 fully saturated rings. The highest BCUT2D eigenvalue weighted by molar-refractivity contribution is 5.72. The number of carbonyl (C=O) groups is 2. The standard InChI is InChI=1S/C18H28N2O5/c1-14-11-15(2)19-16(12-14)13-25-18(22)8-5-7-17(21)24-10-6-9-20(3,4)23/h11-12H,5-10,13H2,1-4H3. The first-order valence-corrected chi connectivity index (χ1v) is 8.45. The zero-order valence-electron chi connectivity index (χ0n) is 15.5. The van der Waals surface area contributed by atoms with Gasteiger partial charge in [-0.15, -0.1) is 0 Å². The van der Waals surface area contributed by atoms with Crippen LogP contribution in [0.4, 0.5) is 0 Å². The first kappa shape index (κ1) is 21.1. The van der Waals surface area contributed by atoms with Crippen LogP contribution >= 0.6 is 0 Å². The number of carbonyl (C=O) groups excluding carboxylic acids is 2. The van der Waals surface area contributed by atoms with Gasteiger partial charge in [-0.05, 0) is 38.0 Å². The highest BCUT2D eigenvalue weighted by Gasteiger charge is 2.09. The molecule has 140 valence electrons. The van der Waals surface area contributed by atoms with Gasteiger partial charge < -0.3 is 19.3 Å². The van der Waals surface area contributed by atoms with Crippen molar-refractivity contribution in [2.45, 2.75) is 46.1 Å². The lowest BCUT2D eigenvalue weighted by atomic mass is 10.2. The average Bonchev–Trinajstić information content (AvgIpc) is 2.48. The number of pyridine rings is 1. The second-order valence-corrected chi connectivity index (χ2v) is 6.66. The molecule has 1 rings (SSSR count). The van der Waals surface area contributed by atoms with Gasteiger partial charge in [-0.3, -0.25) is 14.6 Å². The molecule has 0 spiro atoms. The van der Waals surface area contributed by atoms with E-state index in [2.05, 4.69) is 4.98 Å². The molecule has 1 aromatic heterocycles. The van der Waals surface area contributed by atoms with E-state index in [0.717, 1.165) is 11.3 Å². The second-order valence-electron chi connectivity index (χ2n) is 6.66. The van der Waals surface area contributed by atoms with Crippen LogP contribution in [-0.2, 0) is 25.7 Å². The Morgan fingerprint density at radius 1 is 1.08 bits per heavy atom. The number of esters is 2. The molecule has 0 aliphatic carbocycles. The van der Waals surface area contributed by atoms with E-state index in [1.807, 2.05) is 26.0 Å². The molecule has 0 bridgehead atoms. The number of nitrogens with zero attached hydrogens (tertiary/aromatic N) is 2. The number of rotatable bonds is 10. The van der Waals surface area contributed by atoms with Crippen LogP contribution in [0.15, 0.2) is 12.1 Å². The van der Waals surface area contributed by atoms with E-state index >= 15 is 0 Å². The van der Waals surface area contributed by atoms with E-state index in [0.29, 0.717) is 25.1 Å². The van der Waals surface area contributed by atoms with Gasteiger partial charge in [-0.2, -0.15) is 0 Å². The number of quaternary nitrogens is 1. The summed E-state index contributed by atoms with van der Waals surface area (Å²) in [6.07, 6.45) is 1.21. The van der Waals surface area contributed by atoms with Gasteiger partial charge in [0.25, 0.3) is 0 Å². The summed E-state index contributed by atoms with van der Waals surface area (Å²) >= 11 is 0. The molecule has 0 radical (unpaired) electrons. The Kier molecular flexibility index (Phi) is 8.51. The average molecular weight is 352 g/mol. The maximum atomic E-state index is 11.7. The van der Waals surface area contributed by atoms with E-state index in [9.17, 15) is 14.8 Å². The molecule has 0 amide bonds. The Hall–Kier alpha value is -1.99. The lowest BCUT2D eigenvalue weighted by Crippen LogP contribution is -2.33. The molecular formula is C18H28N2O5. The van der Waals surface area contributed by atoms with Crippen molar-refractivity contribution in [3.8, 4) is 0 Å². The SMILES string of the molecule is Cc1cc(C)nc(COC(=O)CCCC(=O)OCCC[N+](C)(C)[O-])c1. The first-order chi connectivity index (χ1) is 11.7. The normalized spacial score (nSPS) is 11.2. The lowest BCUT2D eigenvalue weighted by Gasteiger charge is -2.33. The Morgan fingerprint density at radius 2 is 1.72 bits per heavy atom. The molecule has 7 heteroatoms. The number of hydrogen-bond donors (Lipinski definition) is 0. The minimum Gasteiger partial charge on any atom is -0.633 e. The van der Waals surface area contributed by atoms with Crippen molar-refractivity contribution < 1.29 is 23.7 Å².